The normalized spacial score (nSPS) is 11.1. The highest BCUT2D eigenvalue weighted by atomic mass is 16.7. The van der Waals surface area contributed by atoms with Crippen molar-refractivity contribution in [2.45, 2.75) is 33.1 Å². The van der Waals surface area contributed by atoms with E-state index in [1.54, 1.807) is 0 Å². The Morgan fingerprint density at radius 2 is 0.914 bits per heavy atom. The quantitative estimate of drug-likeness (QED) is 0.226. The van der Waals surface area contributed by atoms with Gasteiger partial charge in [-0.15, -0.1) is 0 Å². The summed E-state index contributed by atoms with van der Waals surface area (Å²) in [6, 6.07) is 32.0. The van der Waals surface area contributed by atoms with Crippen LogP contribution in [0.25, 0.3) is 0 Å². The second kappa shape index (κ2) is 11.0. The average molecular weight is 469 g/mol. The summed E-state index contributed by atoms with van der Waals surface area (Å²) in [7, 11) is 0. The fraction of sp³-hybridized carbons (Fsp3) is 0.226. The smallest absolute Gasteiger partial charge is 0.230 e. The van der Waals surface area contributed by atoms with Gasteiger partial charge in [0.1, 0.15) is 23.0 Å². The van der Waals surface area contributed by atoms with Crippen LogP contribution in [0.4, 0.5) is 0 Å². The maximum Gasteiger partial charge on any atom is 0.230 e. The van der Waals surface area contributed by atoms with E-state index in [-0.39, 0.29) is 19.0 Å². The molecule has 4 aromatic rings. The molecular weight excluding hydrogens is 436 g/mol. The summed E-state index contributed by atoms with van der Waals surface area (Å²) in [5.74, 6) is 3.22. The minimum Gasteiger partial charge on any atom is -0.458 e. The molecule has 0 saturated carbocycles. The third-order valence-electron chi connectivity index (χ3n) is 6.16. The SMILES string of the molecule is Cc1cc(C(C)(C)c2ccc(OCOc3ccccc3)c(C)c2)ccc1OCOc1ccccc1. The van der Waals surface area contributed by atoms with Crippen LogP contribution in [0.3, 0.4) is 0 Å². The first-order valence-electron chi connectivity index (χ1n) is 11.8. The Balaban J connectivity index is 1.39. The number of benzene rings is 4. The minimum atomic E-state index is -0.187. The highest BCUT2D eigenvalue weighted by Crippen LogP contribution is 2.36. The van der Waals surface area contributed by atoms with Crippen molar-refractivity contribution < 1.29 is 18.9 Å². The Bertz CT molecular complexity index is 1140. The van der Waals surface area contributed by atoms with Gasteiger partial charge in [-0.3, -0.25) is 0 Å². The Hall–Kier alpha value is -3.92. The number of hydrogen-bond donors (Lipinski definition) is 0. The van der Waals surface area contributed by atoms with E-state index in [2.05, 4.69) is 52.0 Å². The molecular formula is C31H32O4. The van der Waals surface area contributed by atoms with Gasteiger partial charge in [-0.25, -0.2) is 0 Å². The molecule has 0 atom stereocenters. The Labute approximate surface area is 208 Å². The highest BCUT2D eigenvalue weighted by molar-refractivity contribution is 5.47. The number of hydrogen-bond acceptors (Lipinski definition) is 4. The first-order chi connectivity index (χ1) is 16.9. The molecule has 0 heterocycles. The summed E-state index contributed by atoms with van der Waals surface area (Å²) in [5.41, 5.74) is 4.38. The van der Waals surface area contributed by atoms with Crippen LogP contribution < -0.4 is 18.9 Å². The Kier molecular flexibility index (Phi) is 7.61. The van der Waals surface area contributed by atoms with Crippen LogP contribution in [0.2, 0.25) is 0 Å². The molecule has 0 aliphatic heterocycles. The molecule has 0 unspecified atom stereocenters. The van der Waals surface area contributed by atoms with Crippen LogP contribution >= 0.6 is 0 Å². The first-order valence-corrected chi connectivity index (χ1v) is 11.8. The van der Waals surface area contributed by atoms with E-state index < -0.39 is 0 Å². The zero-order valence-electron chi connectivity index (χ0n) is 20.8. The van der Waals surface area contributed by atoms with Crippen molar-refractivity contribution in [3.63, 3.8) is 0 Å². The predicted octanol–water partition coefficient (Wildman–Crippen LogP) is 7.46. The van der Waals surface area contributed by atoms with Crippen LogP contribution in [0.5, 0.6) is 23.0 Å². The molecule has 35 heavy (non-hydrogen) atoms. The molecule has 0 aliphatic carbocycles. The summed E-state index contributed by atoms with van der Waals surface area (Å²) in [5, 5.41) is 0. The summed E-state index contributed by atoms with van der Waals surface area (Å²) < 4.78 is 23.1. The van der Waals surface area contributed by atoms with Crippen molar-refractivity contribution >= 4 is 0 Å². The van der Waals surface area contributed by atoms with E-state index in [1.165, 1.54) is 11.1 Å². The molecule has 4 heteroatoms. The molecule has 0 N–H and O–H groups in total. The zero-order chi connectivity index (χ0) is 24.7. The van der Waals surface area contributed by atoms with E-state index in [0.29, 0.717) is 0 Å². The van der Waals surface area contributed by atoms with Gasteiger partial charge in [0.2, 0.25) is 13.6 Å². The number of ether oxygens (including phenoxy) is 4. The van der Waals surface area contributed by atoms with Crippen molar-refractivity contribution in [1.29, 1.82) is 0 Å². The summed E-state index contributed by atoms with van der Waals surface area (Å²) in [6.45, 7) is 8.92. The van der Waals surface area contributed by atoms with Crippen LogP contribution in [0.15, 0.2) is 97.1 Å². The van der Waals surface area contributed by atoms with Crippen molar-refractivity contribution in [2.75, 3.05) is 13.6 Å². The second-order valence-corrected chi connectivity index (χ2v) is 9.02. The highest BCUT2D eigenvalue weighted by Gasteiger charge is 2.24. The summed E-state index contributed by atoms with van der Waals surface area (Å²) in [6.07, 6.45) is 0. The van der Waals surface area contributed by atoms with Crippen molar-refractivity contribution in [3.8, 4) is 23.0 Å². The lowest BCUT2D eigenvalue weighted by atomic mass is 9.77. The predicted molar refractivity (Wildman–Crippen MR) is 140 cm³/mol. The third kappa shape index (κ3) is 6.15. The largest absolute Gasteiger partial charge is 0.458 e. The van der Waals surface area contributed by atoms with Crippen molar-refractivity contribution in [3.05, 3.63) is 119 Å². The zero-order valence-corrected chi connectivity index (χ0v) is 20.8. The van der Waals surface area contributed by atoms with Gasteiger partial charge in [-0.05, 0) is 72.5 Å². The van der Waals surface area contributed by atoms with Gasteiger partial charge in [-0.1, -0.05) is 74.5 Å². The fourth-order valence-electron chi connectivity index (χ4n) is 3.92. The molecule has 4 rings (SSSR count). The molecule has 4 nitrogen and oxygen atoms in total. The molecule has 0 spiro atoms. The molecule has 4 aromatic carbocycles. The maximum absolute atomic E-state index is 5.87. The van der Waals surface area contributed by atoms with E-state index in [4.69, 9.17) is 18.9 Å². The van der Waals surface area contributed by atoms with Gasteiger partial charge < -0.3 is 18.9 Å². The Morgan fingerprint density at radius 1 is 0.514 bits per heavy atom. The molecule has 0 saturated heterocycles. The molecule has 0 aromatic heterocycles. The van der Waals surface area contributed by atoms with E-state index >= 15 is 0 Å². The number of rotatable bonds is 10. The standard InChI is InChI=1S/C31H32O4/c1-23-19-25(15-17-29(23)34-21-32-27-11-7-5-8-12-27)31(3,4)26-16-18-30(24(2)20-26)35-22-33-28-13-9-6-10-14-28/h5-20H,21-22H2,1-4H3. The van der Waals surface area contributed by atoms with Gasteiger partial charge in [0.25, 0.3) is 0 Å². The van der Waals surface area contributed by atoms with Crippen molar-refractivity contribution in [1.82, 2.24) is 0 Å². The van der Waals surface area contributed by atoms with Gasteiger partial charge in [-0.2, -0.15) is 0 Å². The summed E-state index contributed by atoms with van der Waals surface area (Å²) in [4.78, 5) is 0. The second-order valence-electron chi connectivity index (χ2n) is 9.02. The lowest BCUT2D eigenvalue weighted by molar-refractivity contribution is 0.119. The van der Waals surface area contributed by atoms with Gasteiger partial charge in [0, 0.05) is 5.41 Å². The lowest BCUT2D eigenvalue weighted by Crippen LogP contribution is -2.19. The minimum absolute atomic E-state index is 0.169. The molecule has 0 radical (unpaired) electrons. The van der Waals surface area contributed by atoms with Crippen molar-refractivity contribution in [2.24, 2.45) is 0 Å². The molecule has 0 bridgehead atoms. The fourth-order valence-corrected chi connectivity index (χ4v) is 3.92. The van der Waals surface area contributed by atoms with Gasteiger partial charge >= 0.3 is 0 Å². The Morgan fingerprint density at radius 3 is 1.29 bits per heavy atom. The summed E-state index contributed by atoms with van der Waals surface area (Å²) >= 11 is 0. The monoisotopic (exact) mass is 468 g/mol. The van der Waals surface area contributed by atoms with E-state index in [0.717, 1.165) is 34.1 Å². The van der Waals surface area contributed by atoms with Crippen LogP contribution in [0, 0.1) is 13.8 Å². The average Bonchev–Trinajstić information content (AvgIpc) is 2.87. The lowest BCUT2D eigenvalue weighted by Gasteiger charge is -2.28. The first kappa shape index (κ1) is 24.2. The molecule has 0 fully saturated rings. The number of para-hydroxylation sites is 2. The van der Waals surface area contributed by atoms with Gasteiger partial charge in [0.15, 0.2) is 0 Å². The third-order valence-corrected chi connectivity index (χ3v) is 6.16. The maximum atomic E-state index is 5.87. The van der Waals surface area contributed by atoms with Crippen LogP contribution in [-0.4, -0.2) is 13.6 Å². The molecule has 0 aliphatic rings. The van der Waals surface area contributed by atoms with Crippen LogP contribution in [-0.2, 0) is 5.41 Å². The molecule has 180 valence electrons. The number of aryl methyl sites for hydroxylation is 2. The van der Waals surface area contributed by atoms with Gasteiger partial charge in [0.05, 0.1) is 0 Å². The van der Waals surface area contributed by atoms with E-state index in [1.807, 2.05) is 72.8 Å². The van der Waals surface area contributed by atoms with Crippen LogP contribution in [0.1, 0.15) is 36.1 Å². The van der Waals surface area contributed by atoms with E-state index in [9.17, 15) is 0 Å². The molecule has 0 amide bonds. The topological polar surface area (TPSA) is 36.9 Å².